The van der Waals surface area contributed by atoms with E-state index in [1.165, 1.54) is 29.2 Å². The van der Waals surface area contributed by atoms with Gasteiger partial charge in [-0.2, -0.15) is 0 Å². The summed E-state index contributed by atoms with van der Waals surface area (Å²) in [6.45, 7) is 13.5. The average Bonchev–Trinajstić information content (AvgIpc) is 3.01. The third-order valence-corrected chi connectivity index (χ3v) is 7.05. The van der Waals surface area contributed by atoms with Crippen LogP contribution >= 0.6 is 0 Å². The Kier molecular flexibility index (Phi) is 14.6. The molecule has 1 aliphatic heterocycles. The minimum Gasteiger partial charge on any atom is -0.456 e. The van der Waals surface area contributed by atoms with Crippen LogP contribution in [0.3, 0.4) is 0 Å². The molecule has 7 nitrogen and oxygen atoms in total. The van der Waals surface area contributed by atoms with Crippen LogP contribution in [0.2, 0.25) is 0 Å². The normalized spacial score (nSPS) is 10.4. The van der Waals surface area contributed by atoms with Crippen LogP contribution in [0.1, 0.15) is 47.0 Å². The predicted octanol–water partition coefficient (Wildman–Crippen LogP) is 6.18. The van der Waals surface area contributed by atoms with Crippen molar-refractivity contribution >= 4 is 22.5 Å². The van der Waals surface area contributed by atoms with Crippen molar-refractivity contribution in [2.45, 2.75) is 47.0 Å². The number of nitrogens with zero attached hydrogens (tertiary/aromatic N) is 2. The Bertz CT molecular complexity index is 1370. The number of ether oxygens (including phenoxy) is 1. The van der Waals surface area contributed by atoms with Gasteiger partial charge in [-0.15, -0.1) is 0 Å². The van der Waals surface area contributed by atoms with E-state index in [2.05, 4.69) is 110 Å². The van der Waals surface area contributed by atoms with Crippen molar-refractivity contribution < 1.29 is 9.15 Å². The molecule has 0 saturated heterocycles. The molecular weight excluding hydrogens is 510 g/mol. The first-order chi connectivity index (χ1) is 20.0. The minimum atomic E-state index is 0.270. The maximum atomic E-state index is 6.87. The topological polar surface area (TPSA) is 105 Å². The van der Waals surface area contributed by atoms with E-state index in [-0.39, 0.29) is 5.84 Å². The number of fused-ring (bicyclic) bond motifs is 2. The van der Waals surface area contributed by atoms with Gasteiger partial charge in [0.15, 0.2) is 0 Å². The first kappa shape index (κ1) is 33.5. The van der Waals surface area contributed by atoms with E-state index in [0.29, 0.717) is 6.42 Å². The number of unbranched alkanes of at least 4 members (excludes halogenated alkanes) is 1. The van der Waals surface area contributed by atoms with E-state index in [9.17, 15) is 0 Å². The number of amidine groups is 1. The Morgan fingerprint density at radius 1 is 0.902 bits per heavy atom. The Morgan fingerprint density at radius 3 is 2.17 bits per heavy atom. The van der Waals surface area contributed by atoms with Gasteiger partial charge in [-0.05, 0) is 71.3 Å². The number of rotatable bonds is 11. The number of hydrogen-bond acceptors (Lipinski definition) is 5. The van der Waals surface area contributed by atoms with E-state index < -0.39 is 0 Å². The summed E-state index contributed by atoms with van der Waals surface area (Å²) in [5.41, 5.74) is 15.4. The molecule has 1 aliphatic carbocycles. The van der Waals surface area contributed by atoms with Crippen molar-refractivity contribution in [2.24, 2.45) is 11.5 Å². The number of hydrogen-bond donors (Lipinski definition) is 3. The summed E-state index contributed by atoms with van der Waals surface area (Å²) in [7, 11) is 3.17. The van der Waals surface area contributed by atoms with Gasteiger partial charge in [0.05, 0.1) is 11.9 Å². The molecule has 7 heteroatoms. The van der Waals surface area contributed by atoms with Crippen molar-refractivity contribution in [3.05, 3.63) is 72.1 Å². The monoisotopic (exact) mass is 560 g/mol. The summed E-state index contributed by atoms with van der Waals surface area (Å²) >= 11 is 0. The highest BCUT2D eigenvalue weighted by Gasteiger charge is 2.19. The summed E-state index contributed by atoms with van der Waals surface area (Å²) in [5.74, 6) is 1.20. The molecule has 0 aromatic heterocycles. The number of nitrogens with one attached hydrogen (secondary N) is 1. The molecule has 0 spiro atoms. The van der Waals surface area contributed by atoms with E-state index in [4.69, 9.17) is 20.3 Å². The lowest BCUT2D eigenvalue weighted by atomic mass is 9.93. The van der Waals surface area contributed by atoms with Gasteiger partial charge in [0.2, 0.25) is 5.36 Å². The molecule has 2 aliphatic rings. The maximum Gasteiger partial charge on any atom is 0.203 e. The van der Waals surface area contributed by atoms with Crippen LogP contribution in [-0.4, -0.2) is 52.8 Å². The Balaban J connectivity index is 0.000000459. The first-order valence-electron chi connectivity index (χ1n) is 14.8. The molecule has 0 bridgehead atoms. The average molecular weight is 561 g/mol. The fourth-order valence-electron chi connectivity index (χ4n) is 4.92. The first-order valence-corrected chi connectivity index (χ1v) is 14.8. The van der Waals surface area contributed by atoms with Crippen LogP contribution in [0.15, 0.2) is 71.1 Å². The summed E-state index contributed by atoms with van der Waals surface area (Å²) in [6, 6.07) is 23.9. The fourth-order valence-corrected chi connectivity index (χ4v) is 4.92. The molecule has 0 saturated carbocycles. The summed E-state index contributed by atoms with van der Waals surface area (Å²) in [5, 5.41) is 9.22. The van der Waals surface area contributed by atoms with Crippen LogP contribution in [0, 0.1) is 5.41 Å². The van der Waals surface area contributed by atoms with Gasteiger partial charge in [-0.1, -0.05) is 30.3 Å². The SMILES string of the molecule is CCN(CC)c1ccc2c(-c3ccccc3)c3ccc(=[N+](CC)CC)cc-3oc2c1.CN.COCCCCC(=N)N. The lowest BCUT2D eigenvalue weighted by molar-refractivity contribution is 0.193. The molecule has 0 radical (unpaired) electrons. The highest BCUT2D eigenvalue weighted by atomic mass is 16.5. The second-order valence-electron chi connectivity index (χ2n) is 9.52. The van der Waals surface area contributed by atoms with Crippen molar-refractivity contribution in [2.75, 3.05) is 51.8 Å². The summed E-state index contributed by atoms with van der Waals surface area (Å²) in [4.78, 5) is 2.35. The summed E-state index contributed by atoms with van der Waals surface area (Å²) < 4.78 is 13.7. The molecular formula is C34H50N5O2+. The van der Waals surface area contributed by atoms with Crippen molar-refractivity contribution in [3.8, 4) is 22.5 Å². The molecule has 4 rings (SSSR count). The van der Waals surface area contributed by atoms with Crippen LogP contribution in [0.4, 0.5) is 5.69 Å². The predicted molar refractivity (Wildman–Crippen MR) is 176 cm³/mol. The molecule has 0 unspecified atom stereocenters. The third kappa shape index (κ3) is 9.17. The minimum absolute atomic E-state index is 0.270. The lowest BCUT2D eigenvalue weighted by Crippen LogP contribution is -2.29. The second kappa shape index (κ2) is 17.9. The van der Waals surface area contributed by atoms with Gasteiger partial charge in [-0.3, -0.25) is 5.41 Å². The number of anilines is 1. The molecule has 2 aromatic carbocycles. The van der Waals surface area contributed by atoms with E-state index in [1.54, 1.807) is 7.11 Å². The quantitative estimate of drug-likeness (QED) is 0.0668. The van der Waals surface area contributed by atoms with Crippen molar-refractivity contribution in [3.63, 3.8) is 0 Å². The highest BCUT2D eigenvalue weighted by Crippen LogP contribution is 2.40. The zero-order valence-electron chi connectivity index (χ0n) is 25.9. The smallest absolute Gasteiger partial charge is 0.203 e. The van der Waals surface area contributed by atoms with E-state index >= 15 is 0 Å². The van der Waals surface area contributed by atoms with Gasteiger partial charge in [0.25, 0.3) is 0 Å². The van der Waals surface area contributed by atoms with Gasteiger partial charge < -0.3 is 25.5 Å². The van der Waals surface area contributed by atoms with Gasteiger partial charge in [0, 0.05) is 67.6 Å². The molecule has 2 aromatic rings. The lowest BCUT2D eigenvalue weighted by Gasteiger charge is -2.22. The Morgan fingerprint density at radius 2 is 1.59 bits per heavy atom. The molecule has 5 N–H and O–H groups in total. The highest BCUT2D eigenvalue weighted by molar-refractivity contribution is 6.02. The molecule has 0 fully saturated rings. The van der Waals surface area contributed by atoms with Crippen LogP contribution in [0.5, 0.6) is 0 Å². The van der Waals surface area contributed by atoms with Crippen molar-refractivity contribution in [1.82, 2.24) is 4.58 Å². The molecule has 1 heterocycles. The third-order valence-electron chi connectivity index (χ3n) is 7.05. The fraction of sp³-hybridized carbons (Fsp3) is 0.412. The Hall–Kier alpha value is -3.68. The van der Waals surface area contributed by atoms with Gasteiger partial charge >= 0.3 is 0 Å². The van der Waals surface area contributed by atoms with E-state index in [0.717, 1.165) is 67.9 Å². The largest absolute Gasteiger partial charge is 0.456 e. The zero-order valence-corrected chi connectivity index (χ0v) is 25.9. The van der Waals surface area contributed by atoms with Gasteiger partial charge in [-0.25, -0.2) is 4.58 Å². The van der Waals surface area contributed by atoms with Gasteiger partial charge in [0.1, 0.15) is 24.4 Å². The molecule has 222 valence electrons. The van der Waals surface area contributed by atoms with Crippen LogP contribution in [-0.2, 0) is 4.74 Å². The summed E-state index contributed by atoms with van der Waals surface area (Å²) in [6.07, 6.45) is 2.66. The van der Waals surface area contributed by atoms with Crippen LogP contribution < -0.4 is 26.3 Å². The number of nitrogens with two attached hydrogens (primary N) is 2. The number of benzene rings is 3. The molecule has 0 amide bonds. The number of methoxy groups -OCH3 is 1. The maximum absolute atomic E-state index is 6.87. The Labute approximate surface area is 246 Å². The standard InChI is InChI=1S/C27H31N2O.C6H14N2O.CH5N/c1-5-28(6-2)21-14-16-23-25(18-21)30-26-19-22(29(7-3)8-4)15-17-24(26)27(23)20-12-10-9-11-13-20;1-9-5-3-2-4-6(7)8;1-2/h9-19H,5-8H2,1-4H3;2-5H2,1H3,(H3,7,8);2H2,1H3/q+1;;. The van der Waals surface area contributed by atoms with E-state index in [1.807, 2.05) is 0 Å². The zero-order chi connectivity index (χ0) is 30.2. The molecule has 0 atom stereocenters. The second-order valence-corrected chi connectivity index (χ2v) is 9.52. The van der Waals surface area contributed by atoms with Crippen molar-refractivity contribution in [1.29, 1.82) is 5.41 Å². The molecule has 41 heavy (non-hydrogen) atoms. The van der Waals surface area contributed by atoms with Crippen LogP contribution in [0.25, 0.3) is 33.4 Å².